The summed E-state index contributed by atoms with van der Waals surface area (Å²) in [5.74, 6) is 0. The molecule has 0 amide bonds. The Bertz CT molecular complexity index is 145. The molecule has 0 aromatic rings. The van der Waals surface area contributed by atoms with E-state index in [0.29, 0.717) is 4.83 Å². The summed E-state index contributed by atoms with van der Waals surface area (Å²) in [6, 6.07) is 0. The van der Waals surface area contributed by atoms with Crippen LogP contribution < -0.4 is 0 Å². The molecule has 0 unspecified atom stereocenters. The summed E-state index contributed by atoms with van der Waals surface area (Å²) in [6.45, 7) is 4.17. The molecule has 0 N–H and O–H groups in total. The molecule has 0 radical (unpaired) electrons. The molecule has 0 nitrogen and oxygen atoms in total. The summed E-state index contributed by atoms with van der Waals surface area (Å²) >= 11 is 13.7. The van der Waals surface area contributed by atoms with Crippen molar-refractivity contribution in [2.45, 2.75) is 37.9 Å². The van der Waals surface area contributed by atoms with Crippen LogP contribution in [0.5, 0.6) is 0 Å². The normalized spacial score (nSPS) is 16.1. The highest BCUT2D eigenvalue weighted by atomic mass is 79.9. The minimum absolute atomic E-state index is 0.510. The molecule has 0 aliphatic carbocycles. The average Bonchev–Trinajstić information content (AvgIpc) is 2.02. The third-order valence-electron chi connectivity index (χ3n) is 1.48. The van der Waals surface area contributed by atoms with Crippen LogP contribution in [0.25, 0.3) is 0 Å². The second-order valence-electron chi connectivity index (χ2n) is 2.41. The third-order valence-corrected chi connectivity index (χ3v) is 3.53. The quantitative estimate of drug-likeness (QED) is 0.562. The van der Waals surface area contributed by atoms with Crippen LogP contribution in [0.2, 0.25) is 0 Å². The summed E-state index contributed by atoms with van der Waals surface area (Å²) in [6.07, 6.45) is 2.92. The van der Waals surface area contributed by atoms with Crippen molar-refractivity contribution in [2.24, 2.45) is 0 Å². The van der Waals surface area contributed by atoms with Gasteiger partial charge in [-0.2, -0.15) is 0 Å². The first-order valence-corrected chi connectivity index (χ1v) is 5.56. The topological polar surface area (TPSA) is 0 Å². The fraction of sp³-hybridized carbons (Fsp3) is 0.750. The lowest BCUT2D eigenvalue weighted by Crippen LogP contribution is -1.95. The predicted octanol–water partition coefficient (Wildman–Crippen LogP) is 4.34. The van der Waals surface area contributed by atoms with Crippen LogP contribution in [0.1, 0.15) is 33.1 Å². The number of alkyl halides is 1. The molecule has 0 aromatic carbocycles. The fourth-order valence-corrected chi connectivity index (χ4v) is 1.70. The number of hydrogen-bond acceptors (Lipinski definition) is 1. The van der Waals surface area contributed by atoms with Gasteiger partial charge >= 0.3 is 0 Å². The van der Waals surface area contributed by atoms with Gasteiger partial charge in [0.25, 0.3) is 0 Å². The summed E-state index contributed by atoms with van der Waals surface area (Å²) in [7, 11) is 0. The van der Waals surface area contributed by atoms with Gasteiger partial charge in [-0.05, 0) is 24.2 Å². The van der Waals surface area contributed by atoms with Crippen molar-refractivity contribution in [1.82, 2.24) is 0 Å². The zero-order valence-corrected chi connectivity index (χ0v) is 10.1. The average molecular weight is 258 g/mol. The first-order valence-electron chi connectivity index (χ1n) is 3.82. The first-order chi connectivity index (χ1) is 5.11. The van der Waals surface area contributed by atoms with Gasteiger partial charge in [0, 0.05) is 9.86 Å². The number of hydrogen-bond donors (Lipinski definition) is 1. The molecule has 0 saturated carbocycles. The Labute approximate surface area is 87.9 Å². The smallest absolute Gasteiger partial charge is 0.0270 e. The number of rotatable bonds is 4. The third kappa shape index (κ3) is 5.15. The van der Waals surface area contributed by atoms with Gasteiger partial charge in [-0.1, -0.05) is 41.4 Å². The SMILES string of the molecule is CC/C(Cl)=C(/S)C[C@@H](Br)CC. The molecular weight excluding hydrogens is 244 g/mol. The highest BCUT2D eigenvalue weighted by Crippen LogP contribution is 2.24. The van der Waals surface area contributed by atoms with Gasteiger partial charge < -0.3 is 0 Å². The van der Waals surface area contributed by atoms with Gasteiger partial charge in [-0.25, -0.2) is 0 Å². The Morgan fingerprint density at radius 3 is 2.45 bits per heavy atom. The van der Waals surface area contributed by atoms with Crippen molar-refractivity contribution in [1.29, 1.82) is 0 Å². The van der Waals surface area contributed by atoms with Crippen molar-refractivity contribution in [2.75, 3.05) is 0 Å². The van der Waals surface area contributed by atoms with E-state index in [1.54, 1.807) is 0 Å². The van der Waals surface area contributed by atoms with E-state index >= 15 is 0 Å². The summed E-state index contributed by atoms with van der Waals surface area (Å²) in [5, 5.41) is 0.881. The van der Waals surface area contributed by atoms with Gasteiger partial charge in [0.1, 0.15) is 0 Å². The molecule has 0 aliphatic rings. The number of halogens is 2. The van der Waals surface area contributed by atoms with Crippen molar-refractivity contribution in [3.8, 4) is 0 Å². The van der Waals surface area contributed by atoms with E-state index in [-0.39, 0.29) is 0 Å². The standard InChI is InChI=1S/C8H14BrClS/c1-3-6(9)5-8(11)7(10)4-2/h6,11H,3-5H2,1-2H3/b8-7-/t6-/m0/s1. The van der Waals surface area contributed by atoms with E-state index in [2.05, 4.69) is 35.5 Å². The van der Waals surface area contributed by atoms with Crippen LogP contribution in [0, 0.1) is 0 Å². The highest BCUT2D eigenvalue weighted by molar-refractivity contribution is 9.09. The fourth-order valence-electron chi connectivity index (χ4n) is 0.669. The van der Waals surface area contributed by atoms with Crippen molar-refractivity contribution >= 4 is 40.2 Å². The van der Waals surface area contributed by atoms with Gasteiger partial charge in [-0.3, -0.25) is 0 Å². The minimum Gasteiger partial charge on any atom is -0.147 e. The van der Waals surface area contributed by atoms with E-state index in [4.69, 9.17) is 11.6 Å². The Balaban J connectivity index is 3.94. The van der Waals surface area contributed by atoms with Gasteiger partial charge in [-0.15, -0.1) is 12.6 Å². The highest BCUT2D eigenvalue weighted by Gasteiger charge is 2.04. The molecule has 3 heteroatoms. The van der Waals surface area contributed by atoms with Crippen molar-refractivity contribution in [3.63, 3.8) is 0 Å². The summed E-state index contributed by atoms with van der Waals surface area (Å²) < 4.78 is 0. The molecule has 0 saturated heterocycles. The van der Waals surface area contributed by atoms with Gasteiger partial charge in [0.2, 0.25) is 0 Å². The van der Waals surface area contributed by atoms with Gasteiger partial charge in [0.05, 0.1) is 0 Å². The Morgan fingerprint density at radius 2 is 2.09 bits per heavy atom. The molecule has 11 heavy (non-hydrogen) atoms. The van der Waals surface area contributed by atoms with Crippen molar-refractivity contribution in [3.05, 3.63) is 9.94 Å². The molecule has 0 rings (SSSR count). The maximum atomic E-state index is 5.90. The predicted molar refractivity (Wildman–Crippen MR) is 59.8 cm³/mol. The molecular formula is C8H14BrClS. The van der Waals surface area contributed by atoms with Crippen LogP contribution >= 0.6 is 40.2 Å². The van der Waals surface area contributed by atoms with Crippen LogP contribution in [-0.2, 0) is 0 Å². The van der Waals surface area contributed by atoms with Crippen LogP contribution in [0.3, 0.4) is 0 Å². The lowest BCUT2D eigenvalue weighted by atomic mass is 10.2. The van der Waals surface area contributed by atoms with E-state index < -0.39 is 0 Å². The second kappa shape index (κ2) is 6.38. The molecule has 0 heterocycles. The molecule has 0 aromatic heterocycles. The largest absolute Gasteiger partial charge is 0.147 e. The Hall–Kier alpha value is 0.860. The molecule has 1 atom stereocenters. The zero-order chi connectivity index (χ0) is 8.85. The first kappa shape index (κ1) is 11.9. The maximum Gasteiger partial charge on any atom is 0.0270 e. The molecule has 0 aliphatic heterocycles. The van der Waals surface area contributed by atoms with E-state index in [9.17, 15) is 0 Å². The van der Waals surface area contributed by atoms with Crippen LogP contribution in [0.4, 0.5) is 0 Å². The van der Waals surface area contributed by atoms with Crippen LogP contribution in [0.15, 0.2) is 9.94 Å². The van der Waals surface area contributed by atoms with Crippen molar-refractivity contribution < 1.29 is 0 Å². The van der Waals surface area contributed by atoms with Gasteiger partial charge in [0.15, 0.2) is 0 Å². The van der Waals surface area contributed by atoms with E-state index in [1.807, 2.05) is 6.92 Å². The Morgan fingerprint density at radius 1 is 1.55 bits per heavy atom. The molecule has 0 bridgehead atoms. The van der Waals surface area contributed by atoms with E-state index in [1.165, 1.54) is 0 Å². The number of thiol groups is 1. The summed E-state index contributed by atoms with van der Waals surface area (Å²) in [4.78, 5) is 1.52. The molecule has 66 valence electrons. The number of allylic oxidation sites excluding steroid dienone is 2. The van der Waals surface area contributed by atoms with E-state index in [0.717, 1.165) is 29.2 Å². The van der Waals surface area contributed by atoms with Crippen LogP contribution in [-0.4, -0.2) is 4.83 Å². The molecule has 0 spiro atoms. The zero-order valence-electron chi connectivity index (χ0n) is 6.90. The summed E-state index contributed by atoms with van der Waals surface area (Å²) in [5.41, 5.74) is 0. The minimum atomic E-state index is 0.510. The second-order valence-corrected chi connectivity index (χ2v) is 4.71. The lowest BCUT2D eigenvalue weighted by Gasteiger charge is -2.07. The molecule has 0 fully saturated rings. The lowest BCUT2D eigenvalue weighted by molar-refractivity contribution is 0.840. The monoisotopic (exact) mass is 256 g/mol. The Kier molecular flexibility index (Phi) is 6.88. The maximum absolute atomic E-state index is 5.90.